The van der Waals surface area contributed by atoms with Gasteiger partial charge < -0.3 is 5.32 Å². The lowest BCUT2D eigenvalue weighted by atomic mass is 10.1. The first-order valence-corrected chi connectivity index (χ1v) is 4.28. The third-order valence-corrected chi connectivity index (χ3v) is 2.28. The highest BCUT2D eigenvalue weighted by Crippen LogP contribution is 2.21. The summed E-state index contributed by atoms with van der Waals surface area (Å²) in [5.74, 6) is 0. The van der Waals surface area contributed by atoms with Crippen molar-refractivity contribution in [1.29, 1.82) is 0 Å². The number of nitrogens with one attached hydrogen (secondary N) is 2. The minimum absolute atomic E-state index is 0.587. The van der Waals surface area contributed by atoms with Crippen LogP contribution in [-0.4, -0.2) is 24.9 Å². The van der Waals surface area contributed by atoms with Gasteiger partial charge in [0.2, 0.25) is 0 Å². The highest BCUT2D eigenvalue weighted by atomic mass is 19.4. The molecule has 80 valence electrons. The average Bonchev–Trinajstić information content (AvgIpc) is 2.02. The van der Waals surface area contributed by atoms with Gasteiger partial charge in [-0.2, -0.15) is 13.2 Å². The topological polar surface area (TPSA) is 24.1 Å². The Balaban J connectivity index is 4.25. The maximum atomic E-state index is 12.2. The van der Waals surface area contributed by atoms with E-state index in [9.17, 15) is 13.2 Å². The Morgan fingerprint density at radius 3 is 2.00 bits per heavy atom. The van der Waals surface area contributed by atoms with E-state index in [-0.39, 0.29) is 0 Å². The van der Waals surface area contributed by atoms with Gasteiger partial charge in [-0.25, -0.2) is 0 Å². The van der Waals surface area contributed by atoms with Crippen LogP contribution in [0.25, 0.3) is 0 Å². The smallest absolute Gasteiger partial charge is 0.303 e. The third kappa shape index (κ3) is 3.95. The Morgan fingerprint density at radius 2 is 1.77 bits per heavy atom. The molecule has 2 nitrogen and oxygen atoms in total. The van der Waals surface area contributed by atoms with Gasteiger partial charge in [0.1, 0.15) is 6.04 Å². The molecule has 0 aliphatic heterocycles. The highest BCUT2D eigenvalue weighted by Gasteiger charge is 2.39. The molecule has 0 radical (unpaired) electrons. The van der Waals surface area contributed by atoms with Gasteiger partial charge in [-0.3, -0.25) is 5.32 Å². The number of hydrogen-bond donors (Lipinski definition) is 2. The molecule has 5 heteroatoms. The second-order valence-electron chi connectivity index (χ2n) is 3.34. The molecule has 0 fully saturated rings. The van der Waals surface area contributed by atoms with Crippen LogP contribution in [0.1, 0.15) is 27.2 Å². The monoisotopic (exact) mass is 198 g/mol. The Labute approximate surface area is 76.9 Å². The van der Waals surface area contributed by atoms with Crippen molar-refractivity contribution in [3.63, 3.8) is 0 Å². The standard InChI is InChI=1S/C8H17F3N2/c1-5-7(3,12-4)13-6(2)8(9,10)11/h6,12-13H,5H2,1-4H3. The van der Waals surface area contributed by atoms with Crippen molar-refractivity contribution in [2.24, 2.45) is 0 Å². The van der Waals surface area contributed by atoms with E-state index in [1.807, 2.05) is 6.92 Å². The summed E-state index contributed by atoms with van der Waals surface area (Å²) < 4.78 is 36.5. The van der Waals surface area contributed by atoms with Crippen molar-refractivity contribution < 1.29 is 13.2 Å². The van der Waals surface area contributed by atoms with Crippen LogP contribution in [0.5, 0.6) is 0 Å². The Kier molecular flexibility index (Phi) is 4.19. The summed E-state index contributed by atoms with van der Waals surface area (Å²) in [5, 5.41) is 5.32. The molecule has 13 heavy (non-hydrogen) atoms. The summed E-state index contributed by atoms with van der Waals surface area (Å²) in [6.45, 7) is 4.65. The van der Waals surface area contributed by atoms with Crippen LogP contribution < -0.4 is 10.6 Å². The molecule has 0 saturated heterocycles. The van der Waals surface area contributed by atoms with Crippen molar-refractivity contribution in [3.05, 3.63) is 0 Å². The van der Waals surface area contributed by atoms with Gasteiger partial charge in [-0.1, -0.05) is 6.92 Å². The second kappa shape index (κ2) is 4.28. The normalized spacial score (nSPS) is 19.6. The Hall–Kier alpha value is -0.290. The van der Waals surface area contributed by atoms with E-state index in [0.717, 1.165) is 6.92 Å². The van der Waals surface area contributed by atoms with Crippen LogP contribution >= 0.6 is 0 Å². The number of rotatable bonds is 4. The molecule has 0 saturated carbocycles. The first kappa shape index (κ1) is 12.7. The van der Waals surface area contributed by atoms with Crippen LogP contribution in [0.3, 0.4) is 0 Å². The zero-order valence-corrected chi connectivity index (χ0v) is 8.42. The lowest BCUT2D eigenvalue weighted by Gasteiger charge is -2.33. The Bertz CT molecular complexity index is 152. The first-order valence-electron chi connectivity index (χ1n) is 4.28. The fraction of sp³-hybridized carbons (Fsp3) is 1.00. The quantitative estimate of drug-likeness (QED) is 0.674. The lowest BCUT2D eigenvalue weighted by Crippen LogP contribution is -2.59. The summed E-state index contributed by atoms with van der Waals surface area (Å²) in [6, 6.07) is -1.50. The molecule has 0 aliphatic rings. The molecular formula is C8H17F3N2. The van der Waals surface area contributed by atoms with E-state index in [0.29, 0.717) is 6.42 Å². The van der Waals surface area contributed by atoms with Crippen molar-refractivity contribution in [3.8, 4) is 0 Å². The van der Waals surface area contributed by atoms with Gasteiger partial charge in [-0.15, -0.1) is 0 Å². The molecule has 0 spiro atoms. The lowest BCUT2D eigenvalue weighted by molar-refractivity contribution is -0.157. The maximum Gasteiger partial charge on any atom is 0.403 e. The predicted molar refractivity (Wildman–Crippen MR) is 46.4 cm³/mol. The summed E-state index contributed by atoms with van der Waals surface area (Å²) in [7, 11) is 1.64. The van der Waals surface area contributed by atoms with E-state index >= 15 is 0 Å². The van der Waals surface area contributed by atoms with Crippen LogP contribution in [0, 0.1) is 0 Å². The fourth-order valence-electron chi connectivity index (χ4n) is 0.911. The summed E-state index contributed by atoms with van der Waals surface area (Å²) >= 11 is 0. The third-order valence-electron chi connectivity index (χ3n) is 2.28. The van der Waals surface area contributed by atoms with Crippen LogP contribution in [0.4, 0.5) is 13.2 Å². The molecule has 0 bridgehead atoms. The van der Waals surface area contributed by atoms with Crippen molar-refractivity contribution in [2.75, 3.05) is 7.05 Å². The average molecular weight is 198 g/mol. The molecule has 0 amide bonds. The molecule has 0 rings (SSSR count). The summed E-state index contributed by atoms with van der Waals surface area (Å²) in [4.78, 5) is 0. The Morgan fingerprint density at radius 1 is 1.31 bits per heavy atom. The van der Waals surface area contributed by atoms with Crippen LogP contribution in [0.15, 0.2) is 0 Å². The van der Waals surface area contributed by atoms with Gasteiger partial charge in [0.05, 0.1) is 5.66 Å². The van der Waals surface area contributed by atoms with E-state index in [2.05, 4.69) is 10.6 Å². The van der Waals surface area contributed by atoms with Gasteiger partial charge in [0, 0.05) is 0 Å². The zero-order chi connectivity index (χ0) is 10.7. The van der Waals surface area contributed by atoms with E-state index in [1.54, 1.807) is 14.0 Å². The second-order valence-corrected chi connectivity index (χ2v) is 3.34. The number of halogens is 3. The van der Waals surface area contributed by atoms with Gasteiger partial charge in [-0.05, 0) is 27.3 Å². The highest BCUT2D eigenvalue weighted by molar-refractivity contribution is 4.83. The summed E-state index contributed by atoms with van der Waals surface area (Å²) in [6.07, 6.45) is -3.60. The number of alkyl halides is 3. The largest absolute Gasteiger partial charge is 0.403 e. The molecule has 2 N–H and O–H groups in total. The maximum absolute atomic E-state index is 12.2. The minimum Gasteiger partial charge on any atom is -0.303 e. The van der Waals surface area contributed by atoms with Crippen molar-refractivity contribution in [2.45, 2.75) is 45.1 Å². The summed E-state index contributed by atoms with van der Waals surface area (Å²) in [5.41, 5.74) is -0.658. The van der Waals surface area contributed by atoms with Crippen molar-refractivity contribution in [1.82, 2.24) is 10.6 Å². The van der Waals surface area contributed by atoms with Gasteiger partial charge >= 0.3 is 6.18 Å². The SMILES string of the molecule is CCC(C)(NC)NC(C)C(F)(F)F. The van der Waals surface area contributed by atoms with Gasteiger partial charge in [0.25, 0.3) is 0 Å². The molecular weight excluding hydrogens is 181 g/mol. The molecule has 2 unspecified atom stereocenters. The minimum atomic E-state index is -4.19. The van der Waals surface area contributed by atoms with Gasteiger partial charge in [0.15, 0.2) is 0 Å². The van der Waals surface area contributed by atoms with E-state index in [1.165, 1.54) is 0 Å². The van der Waals surface area contributed by atoms with E-state index in [4.69, 9.17) is 0 Å². The molecule has 0 aliphatic carbocycles. The fourth-order valence-corrected chi connectivity index (χ4v) is 0.911. The van der Waals surface area contributed by atoms with Crippen LogP contribution in [-0.2, 0) is 0 Å². The number of hydrogen-bond acceptors (Lipinski definition) is 2. The predicted octanol–water partition coefficient (Wildman–Crippen LogP) is 1.87. The van der Waals surface area contributed by atoms with Crippen LogP contribution in [0.2, 0.25) is 0 Å². The first-order chi connectivity index (χ1) is 5.75. The molecule has 0 aromatic rings. The molecule has 0 aromatic heterocycles. The molecule has 2 atom stereocenters. The molecule has 0 aromatic carbocycles. The van der Waals surface area contributed by atoms with E-state index < -0.39 is 17.9 Å². The van der Waals surface area contributed by atoms with Crippen molar-refractivity contribution >= 4 is 0 Å². The zero-order valence-electron chi connectivity index (χ0n) is 8.42. The molecule has 0 heterocycles.